The lowest BCUT2D eigenvalue weighted by Crippen LogP contribution is -2.47. The maximum Gasteiger partial charge on any atom is 0.253 e. The number of piperidine rings is 1. The Morgan fingerprint density at radius 1 is 1.12 bits per heavy atom. The van der Waals surface area contributed by atoms with E-state index in [0.29, 0.717) is 17.6 Å². The molecule has 1 aromatic carbocycles. The van der Waals surface area contributed by atoms with Gasteiger partial charge in [-0.1, -0.05) is 0 Å². The molecule has 2 atom stereocenters. The van der Waals surface area contributed by atoms with Crippen LogP contribution in [0.15, 0.2) is 29.2 Å². The molecular weight excluding hydrogens is 350 g/mol. The molecule has 2 saturated heterocycles. The minimum Gasteiger partial charge on any atom is -0.345 e. The summed E-state index contributed by atoms with van der Waals surface area (Å²) in [7, 11) is -0.211. The number of benzene rings is 1. The van der Waals surface area contributed by atoms with Gasteiger partial charge in [0, 0.05) is 37.8 Å². The van der Waals surface area contributed by atoms with Gasteiger partial charge in [-0.05, 0) is 49.9 Å². The lowest BCUT2D eigenvalue weighted by atomic mass is 10.0. The standard InChI is InChI=1S/C16H23N3O3S.ClH/c1-19(2)16(20)11-3-7-15(8-4-11)23(21,22)18-14-9-12-5-6-13(10-14)17-12;/h3-4,7-8,12-14,17-18H,5-6,9-10H2,1-2H3;1H. The maximum atomic E-state index is 12.5. The average Bonchev–Trinajstić information content (AvgIpc) is 2.85. The number of carbonyl (C=O) groups is 1. The summed E-state index contributed by atoms with van der Waals surface area (Å²) >= 11 is 0. The molecule has 2 aliphatic heterocycles. The van der Waals surface area contributed by atoms with Crippen molar-refractivity contribution in [3.8, 4) is 0 Å². The van der Waals surface area contributed by atoms with Crippen LogP contribution in [0.4, 0.5) is 0 Å². The molecule has 2 aliphatic rings. The zero-order valence-corrected chi connectivity index (χ0v) is 15.5. The zero-order chi connectivity index (χ0) is 16.6. The second-order valence-electron chi connectivity index (χ2n) is 6.65. The first-order chi connectivity index (χ1) is 10.8. The van der Waals surface area contributed by atoms with Gasteiger partial charge in [0.15, 0.2) is 0 Å². The number of nitrogens with zero attached hydrogens (tertiary/aromatic N) is 1. The van der Waals surface area contributed by atoms with Crippen molar-refractivity contribution in [2.45, 2.75) is 48.7 Å². The Kier molecular flexibility index (Phi) is 5.91. The smallest absolute Gasteiger partial charge is 0.253 e. The van der Waals surface area contributed by atoms with Gasteiger partial charge in [0.05, 0.1) is 4.90 Å². The summed E-state index contributed by atoms with van der Waals surface area (Å²) in [5.74, 6) is -0.142. The van der Waals surface area contributed by atoms with Gasteiger partial charge < -0.3 is 10.2 Å². The molecule has 2 N–H and O–H groups in total. The van der Waals surface area contributed by atoms with Crippen LogP contribution in [0.25, 0.3) is 0 Å². The topological polar surface area (TPSA) is 78.5 Å². The number of hydrogen-bond acceptors (Lipinski definition) is 4. The molecule has 2 unspecified atom stereocenters. The van der Waals surface area contributed by atoms with Crippen molar-refractivity contribution in [1.82, 2.24) is 14.9 Å². The van der Waals surface area contributed by atoms with E-state index in [4.69, 9.17) is 0 Å². The largest absolute Gasteiger partial charge is 0.345 e. The number of fused-ring (bicyclic) bond motifs is 2. The van der Waals surface area contributed by atoms with E-state index in [-0.39, 0.29) is 29.3 Å². The highest BCUT2D eigenvalue weighted by Crippen LogP contribution is 2.27. The summed E-state index contributed by atoms with van der Waals surface area (Å²) in [5.41, 5.74) is 0.480. The molecule has 0 aromatic heterocycles. The third-order valence-electron chi connectivity index (χ3n) is 4.61. The number of hydrogen-bond donors (Lipinski definition) is 2. The van der Waals surface area contributed by atoms with Crippen molar-refractivity contribution in [1.29, 1.82) is 0 Å². The molecule has 1 aromatic rings. The summed E-state index contributed by atoms with van der Waals surface area (Å²) < 4.78 is 27.9. The fraction of sp³-hybridized carbons (Fsp3) is 0.562. The Labute approximate surface area is 149 Å². The van der Waals surface area contributed by atoms with Crippen LogP contribution in [0.3, 0.4) is 0 Å². The van der Waals surface area contributed by atoms with E-state index in [1.165, 1.54) is 17.0 Å². The number of halogens is 1. The van der Waals surface area contributed by atoms with Crippen LogP contribution >= 0.6 is 12.4 Å². The van der Waals surface area contributed by atoms with Crippen molar-refractivity contribution in [2.75, 3.05) is 14.1 Å². The molecule has 0 saturated carbocycles. The molecule has 0 spiro atoms. The molecule has 8 heteroatoms. The Hall–Kier alpha value is -1.15. The number of nitrogens with one attached hydrogen (secondary N) is 2. The molecule has 6 nitrogen and oxygen atoms in total. The Morgan fingerprint density at radius 3 is 2.17 bits per heavy atom. The molecule has 2 bridgehead atoms. The Bertz CT molecular complexity index is 679. The predicted molar refractivity (Wildman–Crippen MR) is 95.0 cm³/mol. The minimum absolute atomic E-state index is 0. The molecular formula is C16H24ClN3O3S. The van der Waals surface area contributed by atoms with Gasteiger partial charge in [-0.25, -0.2) is 13.1 Å². The lowest BCUT2D eigenvalue weighted by Gasteiger charge is -2.29. The van der Waals surface area contributed by atoms with Crippen molar-refractivity contribution >= 4 is 28.3 Å². The third-order valence-corrected chi connectivity index (χ3v) is 6.15. The Balaban J connectivity index is 0.00000208. The predicted octanol–water partition coefficient (Wildman–Crippen LogP) is 1.37. The average molecular weight is 374 g/mol. The van der Waals surface area contributed by atoms with Gasteiger partial charge >= 0.3 is 0 Å². The zero-order valence-electron chi connectivity index (χ0n) is 13.9. The van der Waals surface area contributed by atoms with Crippen LogP contribution < -0.4 is 10.0 Å². The monoisotopic (exact) mass is 373 g/mol. The van der Waals surface area contributed by atoms with Gasteiger partial charge in [0.25, 0.3) is 5.91 Å². The van der Waals surface area contributed by atoms with E-state index in [1.54, 1.807) is 26.2 Å². The highest BCUT2D eigenvalue weighted by Gasteiger charge is 2.35. The quantitative estimate of drug-likeness (QED) is 0.835. The number of amides is 1. The molecule has 24 heavy (non-hydrogen) atoms. The van der Waals surface area contributed by atoms with E-state index >= 15 is 0 Å². The van der Waals surface area contributed by atoms with E-state index in [0.717, 1.165) is 25.7 Å². The summed E-state index contributed by atoms with van der Waals surface area (Å²) in [4.78, 5) is 13.5. The van der Waals surface area contributed by atoms with E-state index in [9.17, 15) is 13.2 Å². The molecule has 0 radical (unpaired) electrons. The number of rotatable bonds is 4. The second-order valence-corrected chi connectivity index (χ2v) is 8.37. The maximum absolute atomic E-state index is 12.5. The lowest BCUT2D eigenvalue weighted by molar-refractivity contribution is 0.0827. The SMILES string of the molecule is CN(C)C(=O)c1ccc(S(=O)(=O)NC2CC3CCC(C2)N3)cc1.Cl. The molecule has 2 heterocycles. The normalized spacial score (nSPS) is 25.8. The molecule has 3 rings (SSSR count). The summed E-state index contributed by atoms with van der Waals surface area (Å²) in [5, 5.41) is 3.50. The van der Waals surface area contributed by atoms with Gasteiger partial charge in [-0.15, -0.1) is 12.4 Å². The highest BCUT2D eigenvalue weighted by atomic mass is 35.5. The van der Waals surface area contributed by atoms with Gasteiger partial charge in [-0.3, -0.25) is 4.79 Å². The second kappa shape index (κ2) is 7.39. The van der Waals surface area contributed by atoms with Gasteiger partial charge in [0.1, 0.15) is 0 Å². The summed E-state index contributed by atoms with van der Waals surface area (Å²) in [6.45, 7) is 0. The molecule has 1 amide bonds. The van der Waals surface area contributed by atoms with Gasteiger partial charge in [-0.2, -0.15) is 0 Å². The van der Waals surface area contributed by atoms with Crippen molar-refractivity contribution in [3.05, 3.63) is 29.8 Å². The summed E-state index contributed by atoms with van der Waals surface area (Å²) in [6.07, 6.45) is 3.94. The van der Waals surface area contributed by atoms with E-state index < -0.39 is 10.0 Å². The van der Waals surface area contributed by atoms with Crippen LogP contribution in [0.5, 0.6) is 0 Å². The first kappa shape index (κ1) is 19.2. The van der Waals surface area contributed by atoms with Crippen LogP contribution in [0, 0.1) is 0 Å². The summed E-state index contributed by atoms with van der Waals surface area (Å²) in [6, 6.07) is 6.96. The molecule has 0 aliphatic carbocycles. The van der Waals surface area contributed by atoms with Crippen LogP contribution in [-0.4, -0.2) is 51.4 Å². The molecule has 2 fully saturated rings. The van der Waals surface area contributed by atoms with Crippen molar-refractivity contribution in [2.24, 2.45) is 0 Å². The highest BCUT2D eigenvalue weighted by molar-refractivity contribution is 7.89. The Morgan fingerprint density at radius 2 is 1.67 bits per heavy atom. The number of carbonyl (C=O) groups excluding carboxylic acids is 1. The first-order valence-electron chi connectivity index (χ1n) is 7.95. The van der Waals surface area contributed by atoms with Crippen LogP contribution in [-0.2, 0) is 10.0 Å². The van der Waals surface area contributed by atoms with Crippen LogP contribution in [0.1, 0.15) is 36.0 Å². The van der Waals surface area contributed by atoms with Crippen molar-refractivity contribution in [3.63, 3.8) is 0 Å². The first-order valence-corrected chi connectivity index (χ1v) is 9.43. The fourth-order valence-corrected chi connectivity index (χ4v) is 4.74. The number of sulfonamides is 1. The van der Waals surface area contributed by atoms with Crippen LogP contribution in [0.2, 0.25) is 0 Å². The van der Waals surface area contributed by atoms with Crippen molar-refractivity contribution < 1.29 is 13.2 Å². The fourth-order valence-electron chi connectivity index (χ4n) is 3.48. The third kappa shape index (κ3) is 4.08. The minimum atomic E-state index is -3.54. The van der Waals surface area contributed by atoms with E-state index in [1.807, 2.05) is 0 Å². The molecule has 134 valence electrons. The van der Waals surface area contributed by atoms with Gasteiger partial charge in [0.2, 0.25) is 10.0 Å². The van der Waals surface area contributed by atoms with E-state index in [2.05, 4.69) is 10.0 Å².